The number of nitrogens with zero attached hydrogens (tertiary/aromatic N) is 1. The van der Waals surface area contributed by atoms with Gasteiger partial charge < -0.3 is 16.0 Å². The zero-order valence-electron chi connectivity index (χ0n) is 12.8. The minimum absolute atomic E-state index is 0.253. The monoisotopic (exact) mass is 257 g/mol. The molecule has 0 aromatic rings. The highest BCUT2D eigenvalue weighted by atomic mass is 16.1. The van der Waals surface area contributed by atoms with E-state index in [9.17, 15) is 4.79 Å². The molecule has 4 nitrogen and oxygen atoms in total. The average molecular weight is 257 g/mol. The van der Waals surface area contributed by atoms with Gasteiger partial charge in [0.05, 0.1) is 5.54 Å². The molecule has 0 bridgehead atoms. The first-order valence-corrected chi connectivity index (χ1v) is 7.13. The van der Waals surface area contributed by atoms with Crippen LogP contribution in [0.15, 0.2) is 0 Å². The summed E-state index contributed by atoms with van der Waals surface area (Å²) >= 11 is 0. The first kappa shape index (κ1) is 17.4. The van der Waals surface area contributed by atoms with E-state index < -0.39 is 5.54 Å². The van der Waals surface area contributed by atoms with Gasteiger partial charge in [-0.2, -0.15) is 0 Å². The first-order valence-electron chi connectivity index (χ1n) is 7.13. The van der Waals surface area contributed by atoms with E-state index in [1.54, 1.807) is 0 Å². The molecule has 1 amide bonds. The molecule has 0 radical (unpaired) electrons. The van der Waals surface area contributed by atoms with Gasteiger partial charge in [-0.1, -0.05) is 27.7 Å². The van der Waals surface area contributed by atoms with E-state index in [0.29, 0.717) is 5.92 Å². The van der Waals surface area contributed by atoms with Crippen molar-refractivity contribution in [2.75, 3.05) is 26.2 Å². The Bertz CT molecular complexity index is 243. The van der Waals surface area contributed by atoms with Crippen molar-refractivity contribution in [2.45, 2.75) is 53.0 Å². The van der Waals surface area contributed by atoms with Gasteiger partial charge in [0.2, 0.25) is 5.91 Å². The lowest BCUT2D eigenvalue weighted by atomic mass is 9.96. The maximum absolute atomic E-state index is 11.6. The minimum atomic E-state index is -0.583. The number of primary amides is 1. The summed E-state index contributed by atoms with van der Waals surface area (Å²) in [6, 6.07) is 0. The van der Waals surface area contributed by atoms with Gasteiger partial charge in [0.15, 0.2) is 0 Å². The summed E-state index contributed by atoms with van der Waals surface area (Å²) in [5.41, 5.74) is 4.94. The van der Waals surface area contributed by atoms with E-state index in [0.717, 1.165) is 39.0 Å². The second kappa shape index (κ2) is 8.48. The van der Waals surface area contributed by atoms with Gasteiger partial charge >= 0.3 is 0 Å². The Morgan fingerprint density at radius 3 is 2.39 bits per heavy atom. The summed E-state index contributed by atoms with van der Waals surface area (Å²) in [5, 5.41) is 3.28. The lowest BCUT2D eigenvalue weighted by molar-refractivity contribution is -0.124. The summed E-state index contributed by atoms with van der Waals surface area (Å²) < 4.78 is 0. The topological polar surface area (TPSA) is 58.4 Å². The fraction of sp³-hybridized carbons (Fsp3) is 0.929. The number of carbonyl (C=O) groups is 1. The van der Waals surface area contributed by atoms with Crippen molar-refractivity contribution in [1.82, 2.24) is 10.2 Å². The van der Waals surface area contributed by atoms with Crippen LogP contribution in [-0.4, -0.2) is 42.5 Å². The maximum atomic E-state index is 11.6. The predicted octanol–water partition coefficient (Wildman–Crippen LogP) is 1.60. The maximum Gasteiger partial charge on any atom is 0.237 e. The molecule has 0 saturated heterocycles. The third kappa shape index (κ3) is 6.36. The van der Waals surface area contributed by atoms with Crippen molar-refractivity contribution in [1.29, 1.82) is 0 Å². The summed E-state index contributed by atoms with van der Waals surface area (Å²) in [5.74, 6) is 0.393. The van der Waals surface area contributed by atoms with Crippen LogP contribution in [0.2, 0.25) is 0 Å². The highest BCUT2D eigenvalue weighted by Gasteiger charge is 2.30. The molecule has 0 aliphatic carbocycles. The van der Waals surface area contributed by atoms with Gasteiger partial charge in [-0.15, -0.1) is 0 Å². The zero-order chi connectivity index (χ0) is 14.2. The van der Waals surface area contributed by atoms with Crippen LogP contribution in [0, 0.1) is 5.92 Å². The molecule has 0 aromatic carbocycles. The normalized spacial score (nSPS) is 15.1. The van der Waals surface area contributed by atoms with Crippen molar-refractivity contribution in [3.8, 4) is 0 Å². The fourth-order valence-corrected chi connectivity index (χ4v) is 1.98. The molecule has 108 valence electrons. The fourth-order valence-electron chi connectivity index (χ4n) is 1.98. The number of hydrogen-bond donors (Lipinski definition) is 2. The van der Waals surface area contributed by atoms with Crippen molar-refractivity contribution >= 4 is 5.91 Å². The lowest BCUT2D eigenvalue weighted by Gasteiger charge is -2.31. The quantitative estimate of drug-likeness (QED) is 0.625. The van der Waals surface area contributed by atoms with Crippen molar-refractivity contribution in [3.63, 3.8) is 0 Å². The first-order chi connectivity index (χ1) is 8.35. The number of amides is 1. The molecule has 18 heavy (non-hydrogen) atoms. The zero-order valence-corrected chi connectivity index (χ0v) is 12.8. The van der Waals surface area contributed by atoms with Crippen LogP contribution >= 0.6 is 0 Å². The van der Waals surface area contributed by atoms with Gasteiger partial charge in [-0.25, -0.2) is 0 Å². The molecule has 3 N–H and O–H groups in total. The van der Waals surface area contributed by atoms with E-state index >= 15 is 0 Å². The summed E-state index contributed by atoms with van der Waals surface area (Å²) in [7, 11) is 0. The average Bonchev–Trinajstić information content (AvgIpc) is 2.31. The highest BCUT2D eigenvalue weighted by molar-refractivity contribution is 5.84. The molecule has 0 saturated carbocycles. The molecular formula is C14H31N3O. The molecule has 0 aromatic heterocycles. The van der Waals surface area contributed by atoms with Crippen LogP contribution in [0.4, 0.5) is 0 Å². The molecule has 0 fully saturated rings. The Balaban J connectivity index is 4.36. The van der Waals surface area contributed by atoms with Crippen LogP contribution in [0.3, 0.4) is 0 Å². The Morgan fingerprint density at radius 2 is 2.00 bits per heavy atom. The Hall–Kier alpha value is -0.610. The molecule has 0 aliphatic rings. The van der Waals surface area contributed by atoms with Crippen LogP contribution in [0.25, 0.3) is 0 Å². The molecule has 1 atom stereocenters. The van der Waals surface area contributed by atoms with E-state index in [4.69, 9.17) is 5.73 Å². The van der Waals surface area contributed by atoms with Gasteiger partial charge in [0, 0.05) is 13.1 Å². The Morgan fingerprint density at radius 1 is 1.39 bits per heavy atom. The summed E-state index contributed by atoms with van der Waals surface area (Å²) in [6.45, 7) is 14.4. The second-order valence-electron chi connectivity index (χ2n) is 5.66. The van der Waals surface area contributed by atoms with Crippen molar-refractivity contribution in [3.05, 3.63) is 0 Å². The molecule has 0 spiro atoms. The number of rotatable bonds is 10. The number of nitrogens with two attached hydrogens (primary N) is 1. The predicted molar refractivity (Wildman–Crippen MR) is 77.5 cm³/mol. The molecule has 0 heterocycles. The Labute approximate surface area is 112 Å². The summed E-state index contributed by atoms with van der Waals surface area (Å²) in [6.07, 6.45) is 1.77. The van der Waals surface area contributed by atoms with Crippen molar-refractivity contribution < 1.29 is 4.79 Å². The highest BCUT2D eigenvalue weighted by Crippen LogP contribution is 2.11. The number of hydrogen-bond acceptors (Lipinski definition) is 3. The molecule has 1 unspecified atom stereocenters. The molecule has 0 aliphatic heterocycles. The van der Waals surface area contributed by atoms with Crippen molar-refractivity contribution in [2.24, 2.45) is 11.7 Å². The molecule has 0 rings (SSSR count). The molecular weight excluding hydrogens is 226 g/mol. The van der Waals surface area contributed by atoms with Crippen LogP contribution in [0.1, 0.15) is 47.5 Å². The SMILES string of the molecule is CCCNC(C)(CCN(CC)CC(C)C)C(N)=O. The molecule has 4 heteroatoms. The van der Waals surface area contributed by atoms with Gasteiger partial charge in [-0.05, 0) is 38.8 Å². The van der Waals surface area contributed by atoms with E-state index in [1.165, 1.54) is 0 Å². The van der Waals surface area contributed by atoms with Crippen LogP contribution in [-0.2, 0) is 4.79 Å². The van der Waals surface area contributed by atoms with E-state index in [1.807, 2.05) is 6.92 Å². The van der Waals surface area contributed by atoms with Gasteiger partial charge in [0.25, 0.3) is 0 Å². The number of carbonyl (C=O) groups excluding carboxylic acids is 1. The second-order valence-corrected chi connectivity index (χ2v) is 5.66. The third-order valence-corrected chi connectivity index (χ3v) is 3.31. The smallest absolute Gasteiger partial charge is 0.237 e. The largest absolute Gasteiger partial charge is 0.368 e. The van der Waals surface area contributed by atoms with Gasteiger partial charge in [-0.3, -0.25) is 4.79 Å². The van der Waals surface area contributed by atoms with E-state index in [-0.39, 0.29) is 5.91 Å². The van der Waals surface area contributed by atoms with Crippen LogP contribution in [0.5, 0.6) is 0 Å². The Kier molecular flexibility index (Phi) is 8.20. The lowest BCUT2D eigenvalue weighted by Crippen LogP contribution is -2.55. The summed E-state index contributed by atoms with van der Waals surface area (Å²) in [4.78, 5) is 14.0. The number of nitrogens with one attached hydrogen (secondary N) is 1. The minimum Gasteiger partial charge on any atom is -0.368 e. The van der Waals surface area contributed by atoms with E-state index in [2.05, 4.69) is 37.9 Å². The third-order valence-electron chi connectivity index (χ3n) is 3.31. The van der Waals surface area contributed by atoms with Crippen LogP contribution < -0.4 is 11.1 Å². The van der Waals surface area contributed by atoms with Gasteiger partial charge in [0.1, 0.15) is 0 Å². The standard InChI is InChI=1S/C14H31N3O/c1-6-9-16-14(5,13(15)18)8-10-17(7-2)11-12(3)4/h12,16H,6-11H2,1-5H3,(H2,15,18).